The SMILES string of the molecule is COc1ccc(/C=C2\Oc3cc(OC(=O)c4cccnc4)cc(C)c3C2=O)c(OC)c1. The van der Waals surface area contributed by atoms with Crippen LogP contribution in [0.3, 0.4) is 0 Å². The zero-order valence-electron chi connectivity index (χ0n) is 17.2. The number of fused-ring (bicyclic) bond motifs is 1. The highest BCUT2D eigenvalue weighted by molar-refractivity contribution is 6.15. The van der Waals surface area contributed by atoms with Crippen molar-refractivity contribution in [3.8, 4) is 23.0 Å². The van der Waals surface area contributed by atoms with E-state index >= 15 is 0 Å². The van der Waals surface area contributed by atoms with E-state index in [1.165, 1.54) is 19.4 Å². The van der Waals surface area contributed by atoms with Crippen molar-refractivity contribution in [2.24, 2.45) is 0 Å². The topological polar surface area (TPSA) is 84.0 Å². The Labute approximate surface area is 178 Å². The highest BCUT2D eigenvalue weighted by Crippen LogP contribution is 2.38. The molecule has 7 nitrogen and oxygen atoms in total. The number of benzene rings is 2. The monoisotopic (exact) mass is 417 g/mol. The van der Waals surface area contributed by atoms with Crippen LogP contribution in [-0.4, -0.2) is 31.0 Å². The summed E-state index contributed by atoms with van der Waals surface area (Å²) in [6.07, 6.45) is 4.61. The second-order valence-electron chi connectivity index (χ2n) is 6.79. The summed E-state index contributed by atoms with van der Waals surface area (Å²) in [5, 5.41) is 0. The molecule has 1 aromatic heterocycles. The number of hydrogen-bond donors (Lipinski definition) is 0. The van der Waals surface area contributed by atoms with Crippen LogP contribution in [0.2, 0.25) is 0 Å². The smallest absolute Gasteiger partial charge is 0.345 e. The van der Waals surface area contributed by atoms with E-state index in [0.717, 1.165) is 0 Å². The summed E-state index contributed by atoms with van der Waals surface area (Å²) in [6.45, 7) is 1.76. The van der Waals surface area contributed by atoms with Gasteiger partial charge in [-0.1, -0.05) is 0 Å². The minimum Gasteiger partial charge on any atom is -0.497 e. The first-order valence-electron chi connectivity index (χ1n) is 9.43. The predicted molar refractivity (Wildman–Crippen MR) is 113 cm³/mol. The number of aryl methyl sites for hydroxylation is 1. The second kappa shape index (κ2) is 8.31. The molecule has 0 fully saturated rings. The van der Waals surface area contributed by atoms with Crippen LogP contribution in [0.4, 0.5) is 0 Å². The van der Waals surface area contributed by atoms with Crippen LogP contribution in [0, 0.1) is 6.92 Å². The van der Waals surface area contributed by atoms with E-state index in [-0.39, 0.29) is 17.3 Å². The average Bonchev–Trinajstić information content (AvgIpc) is 3.10. The zero-order chi connectivity index (χ0) is 22.0. The van der Waals surface area contributed by atoms with Crippen molar-refractivity contribution in [1.29, 1.82) is 0 Å². The molecular weight excluding hydrogens is 398 g/mol. The minimum absolute atomic E-state index is 0.150. The summed E-state index contributed by atoms with van der Waals surface area (Å²) in [7, 11) is 3.10. The summed E-state index contributed by atoms with van der Waals surface area (Å²) >= 11 is 0. The first-order chi connectivity index (χ1) is 15.0. The summed E-state index contributed by atoms with van der Waals surface area (Å²) in [4.78, 5) is 29.1. The Balaban J connectivity index is 1.63. The van der Waals surface area contributed by atoms with E-state index in [4.69, 9.17) is 18.9 Å². The van der Waals surface area contributed by atoms with E-state index in [1.54, 1.807) is 62.7 Å². The van der Waals surface area contributed by atoms with Crippen LogP contribution in [-0.2, 0) is 0 Å². The van der Waals surface area contributed by atoms with Gasteiger partial charge in [0.1, 0.15) is 23.0 Å². The summed E-state index contributed by atoms with van der Waals surface area (Å²) in [5.41, 5.74) is 2.06. The van der Waals surface area contributed by atoms with Gasteiger partial charge in [-0.3, -0.25) is 9.78 Å². The molecule has 1 aliphatic rings. The third-order valence-corrected chi connectivity index (χ3v) is 4.78. The van der Waals surface area contributed by atoms with Gasteiger partial charge in [-0.05, 0) is 48.9 Å². The highest BCUT2D eigenvalue weighted by Gasteiger charge is 2.30. The standard InChI is InChI=1S/C24H19NO6/c1-14-9-18(30-24(27)16-5-4-8-25-13-16)12-20-22(14)23(26)21(31-20)10-15-6-7-17(28-2)11-19(15)29-3/h4-13H,1-3H3/b21-10-. The molecule has 0 radical (unpaired) electrons. The minimum atomic E-state index is -0.546. The summed E-state index contributed by atoms with van der Waals surface area (Å²) in [6, 6.07) is 11.7. The molecule has 3 aromatic rings. The lowest BCUT2D eigenvalue weighted by Gasteiger charge is -2.08. The number of rotatable bonds is 5. The number of carbonyl (C=O) groups excluding carboxylic acids is 2. The number of nitrogens with zero attached hydrogens (tertiary/aromatic N) is 1. The van der Waals surface area contributed by atoms with E-state index in [1.807, 2.05) is 0 Å². The molecule has 1 aliphatic heterocycles. The molecule has 2 heterocycles. The summed E-state index contributed by atoms with van der Waals surface area (Å²) in [5.74, 6) is 1.14. The molecule has 0 saturated heterocycles. The fourth-order valence-corrected chi connectivity index (χ4v) is 3.26. The fraction of sp³-hybridized carbons (Fsp3) is 0.125. The largest absolute Gasteiger partial charge is 0.497 e. The molecule has 0 unspecified atom stereocenters. The van der Waals surface area contributed by atoms with Crippen molar-refractivity contribution in [2.75, 3.05) is 14.2 Å². The van der Waals surface area contributed by atoms with E-state index in [9.17, 15) is 9.59 Å². The molecule has 4 rings (SSSR count). The number of ether oxygens (including phenoxy) is 4. The van der Waals surface area contributed by atoms with Gasteiger partial charge >= 0.3 is 5.97 Å². The van der Waals surface area contributed by atoms with Crippen LogP contribution in [0.1, 0.15) is 31.8 Å². The van der Waals surface area contributed by atoms with Gasteiger partial charge in [0.25, 0.3) is 0 Å². The number of pyridine rings is 1. The molecule has 2 aromatic carbocycles. The Morgan fingerprint density at radius 1 is 1.06 bits per heavy atom. The van der Waals surface area contributed by atoms with Crippen LogP contribution in [0.25, 0.3) is 6.08 Å². The van der Waals surface area contributed by atoms with Crippen molar-refractivity contribution in [2.45, 2.75) is 6.92 Å². The number of Topliss-reactive ketones (excluding diaryl/α,β-unsaturated/α-hetero) is 1. The molecule has 0 saturated carbocycles. The van der Waals surface area contributed by atoms with Crippen LogP contribution in [0.5, 0.6) is 23.0 Å². The van der Waals surface area contributed by atoms with Crippen molar-refractivity contribution in [1.82, 2.24) is 4.98 Å². The van der Waals surface area contributed by atoms with Crippen molar-refractivity contribution < 1.29 is 28.5 Å². The first kappa shape index (κ1) is 20.2. The lowest BCUT2D eigenvalue weighted by atomic mass is 10.0. The number of esters is 1. The van der Waals surface area contributed by atoms with Crippen molar-refractivity contribution >= 4 is 17.8 Å². The van der Waals surface area contributed by atoms with Gasteiger partial charge < -0.3 is 18.9 Å². The van der Waals surface area contributed by atoms with Crippen LogP contribution in [0.15, 0.2) is 60.6 Å². The Kier molecular flexibility index (Phi) is 5.41. The first-order valence-corrected chi connectivity index (χ1v) is 9.43. The number of hydrogen-bond acceptors (Lipinski definition) is 7. The van der Waals surface area contributed by atoms with Crippen molar-refractivity contribution in [3.05, 3.63) is 82.9 Å². The van der Waals surface area contributed by atoms with Crippen LogP contribution < -0.4 is 18.9 Å². The number of allylic oxidation sites excluding steroid dienone is 1. The molecule has 156 valence electrons. The van der Waals surface area contributed by atoms with Gasteiger partial charge in [0.15, 0.2) is 5.76 Å². The van der Waals surface area contributed by atoms with E-state index < -0.39 is 5.97 Å². The molecule has 31 heavy (non-hydrogen) atoms. The molecular formula is C24H19NO6. The highest BCUT2D eigenvalue weighted by atomic mass is 16.5. The normalized spacial score (nSPS) is 13.5. The number of aromatic nitrogens is 1. The van der Waals surface area contributed by atoms with Gasteiger partial charge in [0.05, 0.1) is 25.3 Å². The van der Waals surface area contributed by atoms with E-state index in [0.29, 0.717) is 39.5 Å². The quantitative estimate of drug-likeness (QED) is 0.349. The van der Waals surface area contributed by atoms with Gasteiger partial charge in [-0.15, -0.1) is 0 Å². The fourth-order valence-electron chi connectivity index (χ4n) is 3.26. The van der Waals surface area contributed by atoms with Crippen LogP contribution >= 0.6 is 0 Å². The third kappa shape index (κ3) is 3.98. The van der Waals surface area contributed by atoms with Gasteiger partial charge in [-0.2, -0.15) is 0 Å². The second-order valence-corrected chi connectivity index (χ2v) is 6.79. The maximum atomic E-state index is 12.9. The number of carbonyl (C=O) groups is 2. The Hall–Kier alpha value is -4.13. The Bertz CT molecular complexity index is 1200. The zero-order valence-corrected chi connectivity index (χ0v) is 17.2. The molecule has 0 atom stereocenters. The molecule has 0 bridgehead atoms. The Morgan fingerprint density at radius 2 is 1.90 bits per heavy atom. The Morgan fingerprint density at radius 3 is 2.61 bits per heavy atom. The number of methoxy groups -OCH3 is 2. The molecule has 0 aliphatic carbocycles. The van der Waals surface area contributed by atoms with Gasteiger partial charge in [0.2, 0.25) is 5.78 Å². The maximum Gasteiger partial charge on any atom is 0.345 e. The molecule has 0 N–H and O–H groups in total. The van der Waals surface area contributed by atoms with Gasteiger partial charge in [-0.25, -0.2) is 4.79 Å². The number of ketones is 1. The lowest BCUT2D eigenvalue weighted by Crippen LogP contribution is -2.09. The maximum absolute atomic E-state index is 12.9. The van der Waals surface area contributed by atoms with E-state index in [2.05, 4.69) is 4.98 Å². The lowest BCUT2D eigenvalue weighted by molar-refractivity contribution is 0.0734. The predicted octanol–water partition coefficient (Wildman–Crippen LogP) is 4.24. The molecule has 0 spiro atoms. The molecule has 0 amide bonds. The van der Waals surface area contributed by atoms with Gasteiger partial charge in [0, 0.05) is 30.1 Å². The summed E-state index contributed by atoms with van der Waals surface area (Å²) < 4.78 is 21.8. The molecule has 7 heteroatoms. The van der Waals surface area contributed by atoms with Crippen molar-refractivity contribution in [3.63, 3.8) is 0 Å². The average molecular weight is 417 g/mol. The third-order valence-electron chi connectivity index (χ3n) is 4.78.